The van der Waals surface area contributed by atoms with Gasteiger partial charge in [-0.2, -0.15) is 0 Å². The first-order chi connectivity index (χ1) is 7.70. The molecular weight excluding hydrogens is 200 g/mol. The van der Waals surface area contributed by atoms with Crippen LogP contribution in [0.25, 0.3) is 10.9 Å². The van der Waals surface area contributed by atoms with Crippen molar-refractivity contribution in [1.82, 2.24) is 9.97 Å². The number of hydrogen-bond donors (Lipinski definition) is 2. The van der Waals surface area contributed by atoms with Crippen molar-refractivity contribution in [2.45, 2.75) is 26.3 Å². The van der Waals surface area contributed by atoms with Gasteiger partial charge < -0.3 is 11.1 Å². The van der Waals surface area contributed by atoms with Crippen molar-refractivity contribution in [3.05, 3.63) is 24.5 Å². The van der Waals surface area contributed by atoms with Crippen LogP contribution in [-0.2, 0) is 0 Å². The Balaban J connectivity index is 2.47. The Hall–Kier alpha value is -1.84. The quantitative estimate of drug-likeness (QED) is 0.773. The van der Waals surface area contributed by atoms with Gasteiger partial charge in [-0.3, -0.25) is 0 Å². The topological polar surface area (TPSA) is 63.8 Å². The molecule has 1 heterocycles. The highest BCUT2D eigenvalue weighted by molar-refractivity contribution is 5.91. The molecule has 1 unspecified atom stereocenters. The fourth-order valence-corrected chi connectivity index (χ4v) is 1.52. The monoisotopic (exact) mass is 216 g/mol. The molecule has 0 saturated carbocycles. The maximum absolute atomic E-state index is 5.77. The van der Waals surface area contributed by atoms with E-state index in [0.29, 0.717) is 6.04 Å². The summed E-state index contributed by atoms with van der Waals surface area (Å²) in [5.41, 5.74) is 7.42. The summed E-state index contributed by atoms with van der Waals surface area (Å²) in [5, 5.41) is 4.33. The molecule has 0 aliphatic rings. The molecule has 0 fully saturated rings. The maximum Gasteiger partial charge on any atom is 0.137 e. The van der Waals surface area contributed by atoms with Crippen molar-refractivity contribution in [2.24, 2.45) is 0 Å². The number of nitrogens with one attached hydrogen (secondary N) is 1. The van der Waals surface area contributed by atoms with E-state index in [1.807, 2.05) is 18.2 Å². The van der Waals surface area contributed by atoms with Crippen LogP contribution in [0.3, 0.4) is 0 Å². The van der Waals surface area contributed by atoms with Gasteiger partial charge in [0.25, 0.3) is 0 Å². The van der Waals surface area contributed by atoms with Gasteiger partial charge in [-0.05, 0) is 31.5 Å². The molecule has 4 heteroatoms. The van der Waals surface area contributed by atoms with Gasteiger partial charge in [-0.1, -0.05) is 6.92 Å². The molecule has 0 bridgehead atoms. The normalized spacial score (nSPS) is 12.6. The van der Waals surface area contributed by atoms with E-state index in [0.717, 1.165) is 28.8 Å². The highest BCUT2D eigenvalue weighted by Gasteiger charge is 2.06. The minimum atomic E-state index is 0.388. The minimum absolute atomic E-state index is 0.388. The maximum atomic E-state index is 5.77. The number of benzene rings is 1. The van der Waals surface area contributed by atoms with Crippen molar-refractivity contribution in [1.29, 1.82) is 0 Å². The number of aromatic nitrogens is 2. The second kappa shape index (κ2) is 4.35. The second-order valence-corrected chi connectivity index (χ2v) is 3.95. The lowest BCUT2D eigenvalue weighted by molar-refractivity contribution is 0.760. The lowest BCUT2D eigenvalue weighted by atomic mass is 10.2. The summed E-state index contributed by atoms with van der Waals surface area (Å²) in [6, 6.07) is 6.05. The fourth-order valence-electron chi connectivity index (χ4n) is 1.52. The van der Waals surface area contributed by atoms with Crippen LogP contribution >= 0.6 is 0 Å². The molecular formula is C12H16N4. The van der Waals surface area contributed by atoms with Crippen LogP contribution in [0.15, 0.2) is 24.5 Å². The number of fused-ring (bicyclic) bond motifs is 1. The summed E-state index contributed by atoms with van der Waals surface area (Å²) in [5.74, 6) is 0.853. The Kier molecular flexibility index (Phi) is 2.90. The van der Waals surface area contributed by atoms with Crippen LogP contribution < -0.4 is 11.1 Å². The summed E-state index contributed by atoms with van der Waals surface area (Å²) in [4.78, 5) is 8.47. The summed E-state index contributed by atoms with van der Waals surface area (Å²) >= 11 is 0. The zero-order valence-corrected chi connectivity index (χ0v) is 9.57. The Morgan fingerprint density at radius 2 is 2.19 bits per heavy atom. The van der Waals surface area contributed by atoms with Crippen LogP contribution in [0, 0.1) is 0 Å². The Labute approximate surface area is 94.9 Å². The van der Waals surface area contributed by atoms with E-state index >= 15 is 0 Å². The largest absolute Gasteiger partial charge is 0.399 e. The third-order valence-electron chi connectivity index (χ3n) is 2.65. The standard InChI is InChI=1S/C12H16N4/c1-3-8(2)16-12-10-6-9(13)4-5-11(10)14-7-15-12/h4-8H,3,13H2,1-2H3,(H,14,15,16). The molecule has 1 aromatic heterocycles. The van der Waals surface area contributed by atoms with E-state index in [2.05, 4.69) is 29.1 Å². The smallest absolute Gasteiger partial charge is 0.137 e. The van der Waals surface area contributed by atoms with Crippen molar-refractivity contribution in [3.63, 3.8) is 0 Å². The lowest BCUT2D eigenvalue weighted by Crippen LogP contribution is -2.14. The molecule has 0 aliphatic carbocycles. The summed E-state index contributed by atoms with van der Waals surface area (Å²) < 4.78 is 0. The average Bonchev–Trinajstić information content (AvgIpc) is 2.29. The number of nitrogens with two attached hydrogens (primary N) is 1. The van der Waals surface area contributed by atoms with Gasteiger partial charge in [0, 0.05) is 17.1 Å². The fraction of sp³-hybridized carbons (Fsp3) is 0.333. The summed E-state index contributed by atoms with van der Waals surface area (Å²) in [6.07, 6.45) is 2.62. The van der Waals surface area contributed by atoms with E-state index in [1.54, 1.807) is 6.33 Å². The molecule has 0 radical (unpaired) electrons. The van der Waals surface area contributed by atoms with Crippen LogP contribution in [0.1, 0.15) is 20.3 Å². The first-order valence-electron chi connectivity index (χ1n) is 5.47. The highest BCUT2D eigenvalue weighted by atomic mass is 15.0. The van der Waals surface area contributed by atoms with Crippen LogP contribution in [0.2, 0.25) is 0 Å². The van der Waals surface area contributed by atoms with Crippen molar-refractivity contribution in [3.8, 4) is 0 Å². The highest BCUT2D eigenvalue weighted by Crippen LogP contribution is 2.22. The number of rotatable bonds is 3. The molecule has 16 heavy (non-hydrogen) atoms. The van der Waals surface area contributed by atoms with E-state index in [-0.39, 0.29) is 0 Å². The first-order valence-corrected chi connectivity index (χ1v) is 5.47. The lowest BCUT2D eigenvalue weighted by Gasteiger charge is -2.13. The van der Waals surface area contributed by atoms with Gasteiger partial charge in [-0.15, -0.1) is 0 Å². The Bertz CT molecular complexity index is 495. The van der Waals surface area contributed by atoms with Gasteiger partial charge in [-0.25, -0.2) is 9.97 Å². The minimum Gasteiger partial charge on any atom is -0.399 e. The second-order valence-electron chi connectivity index (χ2n) is 3.95. The van der Waals surface area contributed by atoms with Gasteiger partial charge in [0.15, 0.2) is 0 Å². The van der Waals surface area contributed by atoms with Crippen LogP contribution in [0.5, 0.6) is 0 Å². The third kappa shape index (κ3) is 2.05. The molecule has 1 atom stereocenters. The van der Waals surface area contributed by atoms with Gasteiger partial charge in [0.1, 0.15) is 12.1 Å². The molecule has 1 aromatic carbocycles. The first kappa shape index (κ1) is 10.7. The number of nitrogen functional groups attached to an aromatic ring is 1. The Morgan fingerprint density at radius 3 is 2.94 bits per heavy atom. The summed E-state index contributed by atoms with van der Waals surface area (Å²) in [7, 11) is 0. The van der Waals surface area contributed by atoms with Gasteiger partial charge in [0.2, 0.25) is 0 Å². The number of anilines is 2. The molecule has 2 aromatic rings. The molecule has 0 saturated heterocycles. The molecule has 0 aliphatic heterocycles. The van der Waals surface area contributed by atoms with E-state index in [9.17, 15) is 0 Å². The molecule has 3 N–H and O–H groups in total. The molecule has 0 amide bonds. The van der Waals surface area contributed by atoms with Crippen molar-refractivity contribution >= 4 is 22.4 Å². The van der Waals surface area contributed by atoms with Crippen LogP contribution in [-0.4, -0.2) is 16.0 Å². The van der Waals surface area contributed by atoms with Crippen molar-refractivity contribution in [2.75, 3.05) is 11.1 Å². The van der Waals surface area contributed by atoms with E-state index in [4.69, 9.17) is 5.73 Å². The zero-order chi connectivity index (χ0) is 11.5. The molecule has 0 spiro atoms. The summed E-state index contributed by atoms with van der Waals surface area (Å²) in [6.45, 7) is 4.26. The van der Waals surface area contributed by atoms with Crippen LogP contribution in [0.4, 0.5) is 11.5 Å². The predicted molar refractivity (Wildman–Crippen MR) is 67.3 cm³/mol. The van der Waals surface area contributed by atoms with E-state index in [1.165, 1.54) is 0 Å². The molecule has 84 valence electrons. The average molecular weight is 216 g/mol. The molecule has 2 rings (SSSR count). The third-order valence-corrected chi connectivity index (χ3v) is 2.65. The number of nitrogens with zero attached hydrogens (tertiary/aromatic N) is 2. The molecule has 4 nitrogen and oxygen atoms in total. The van der Waals surface area contributed by atoms with E-state index < -0.39 is 0 Å². The predicted octanol–water partition coefficient (Wildman–Crippen LogP) is 2.42. The van der Waals surface area contributed by atoms with Crippen molar-refractivity contribution < 1.29 is 0 Å². The SMILES string of the molecule is CCC(C)Nc1ncnc2ccc(N)cc12. The van der Waals surface area contributed by atoms with Gasteiger partial charge in [0.05, 0.1) is 5.52 Å². The zero-order valence-electron chi connectivity index (χ0n) is 9.57. The van der Waals surface area contributed by atoms with Gasteiger partial charge >= 0.3 is 0 Å². The number of hydrogen-bond acceptors (Lipinski definition) is 4. The Morgan fingerprint density at radius 1 is 1.38 bits per heavy atom.